The lowest BCUT2D eigenvalue weighted by Gasteiger charge is -2.36. The molecule has 1 heteroatoms. The van der Waals surface area contributed by atoms with Crippen LogP contribution in [0, 0.1) is 0 Å². The highest BCUT2D eigenvalue weighted by molar-refractivity contribution is 5.17. The van der Waals surface area contributed by atoms with Gasteiger partial charge in [0, 0.05) is 16.7 Å². The molecule has 0 fully saturated rings. The number of hydrogen-bond donors (Lipinski definition) is 0. The summed E-state index contributed by atoms with van der Waals surface area (Å²) in [6, 6.07) is 32.9. The number of quaternary nitrogens is 1. The molecule has 0 amide bonds. The summed E-state index contributed by atoms with van der Waals surface area (Å²) >= 11 is 0. The molecule has 0 N–H and O–H groups in total. The molecule has 31 heavy (non-hydrogen) atoms. The zero-order valence-corrected chi connectivity index (χ0v) is 19.1. The highest BCUT2D eigenvalue weighted by Crippen LogP contribution is 2.25. The SMILES string of the molecule is CCCCCCC/C=C/[N+](Cc1ccccc1)(Cc1ccccc1)Cc1ccccc1. The van der Waals surface area contributed by atoms with Crippen LogP contribution in [0.25, 0.3) is 0 Å². The summed E-state index contributed by atoms with van der Waals surface area (Å²) < 4.78 is 0.910. The van der Waals surface area contributed by atoms with Gasteiger partial charge in [0.2, 0.25) is 0 Å². The largest absolute Gasteiger partial charge is 0.286 e. The van der Waals surface area contributed by atoms with Crippen LogP contribution in [0.5, 0.6) is 0 Å². The maximum atomic E-state index is 2.49. The summed E-state index contributed by atoms with van der Waals surface area (Å²) in [6.45, 7) is 5.27. The van der Waals surface area contributed by atoms with Crippen molar-refractivity contribution in [1.29, 1.82) is 0 Å². The molecule has 3 aromatic carbocycles. The Labute approximate surface area is 189 Å². The lowest BCUT2D eigenvalue weighted by Crippen LogP contribution is -2.40. The second-order valence-electron chi connectivity index (χ2n) is 8.74. The highest BCUT2D eigenvalue weighted by Gasteiger charge is 2.26. The zero-order valence-electron chi connectivity index (χ0n) is 19.1. The van der Waals surface area contributed by atoms with Crippen molar-refractivity contribution < 1.29 is 4.48 Å². The van der Waals surface area contributed by atoms with Crippen LogP contribution in [0.3, 0.4) is 0 Å². The molecule has 0 atom stereocenters. The minimum absolute atomic E-state index is 0.910. The number of unbranched alkanes of at least 4 members (excludes halogenated alkanes) is 5. The Kier molecular flexibility index (Phi) is 9.60. The van der Waals surface area contributed by atoms with Gasteiger partial charge in [0.05, 0.1) is 6.20 Å². The summed E-state index contributed by atoms with van der Waals surface area (Å²) in [7, 11) is 0. The first-order chi connectivity index (χ1) is 15.3. The first kappa shape index (κ1) is 23.0. The Hall–Kier alpha value is -2.64. The van der Waals surface area contributed by atoms with E-state index in [4.69, 9.17) is 0 Å². The maximum Gasteiger partial charge on any atom is 0.109 e. The van der Waals surface area contributed by atoms with Gasteiger partial charge in [0.25, 0.3) is 0 Å². The first-order valence-corrected chi connectivity index (χ1v) is 11.9. The van der Waals surface area contributed by atoms with Gasteiger partial charge in [-0.25, -0.2) is 0 Å². The minimum Gasteiger partial charge on any atom is -0.286 e. The molecule has 0 unspecified atom stereocenters. The Bertz CT molecular complexity index is 767. The molecule has 0 bridgehead atoms. The average molecular weight is 413 g/mol. The fourth-order valence-electron chi connectivity index (χ4n) is 4.33. The van der Waals surface area contributed by atoms with E-state index in [1.807, 2.05) is 0 Å². The van der Waals surface area contributed by atoms with Crippen LogP contribution in [0.4, 0.5) is 0 Å². The number of nitrogens with zero attached hydrogens (tertiary/aromatic N) is 1. The lowest BCUT2D eigenvalue weighted by molar-refractivity contribution is -0.919. The third kappa shape index (κ3) is 8.19. The van der Waals surface area contributed by atoms with Crippen LogP contribution in [0.2, 0.25) is 0 Å². The van der Waals surface area contributed by atoms with Gasteiger partial charge in [0.1, 0.15) is 19.6 Å². The standard InChI is InChI=1S/C30H38N/c1-2-3-4-5-6-7-17-24-31(25-28-18-11-8-12-19-28,26-29-20-13-9-14-21-29)27-30-22-15-10-16-23-30/h8-24H,2-7,25-27H2,1H3/q+1/b24-17+. The molecule has 3 aromatic rings. The van der Waals surface area contributed by atoms with Gasteiger partial charge >= 0.3 is 0 Å². The number of rotatable bonds is 13. The van der Waals surface area contributed by atoms with Gasteiger partial charge in [-0.05, 0) is 18.9 Å². The second kappa shape index (κ2) is 12.9. The van der Waals surface area contributed by atoms with Crippen molar-refractivity contribution >= 4 is 0 Å². The van der Waals surface area contributed by atoms with Crippen molar-refractivity contribution in [3.05, 3.63) is 120 Å². The van der Waals surface area contributed by atoms with E-state index in [0.29, 0.717) is 0 Å². The van der Waals surface area contributed by atoms with E-state index in [9.17, 15) is 0 Å². The number of allylic oxidation sites excluding steroid dienone is 1. The van der Waals surface area contributed by atoms with Gasteiger partial charge in [-0.15, -0.1) is 0 Å². The third-order valence-corrected chi connectivity index (χ3v) is 5.92. The molecule has 0 saturated heterocycles. The van der Waals surface area contributed by atoms with E-state index in [0.717, 1.165) is 24.1 Å². The van der Waals surface area contributed by atoms with Crippen molar-refractivity contribution in [2.75, 3.05) is 0 Å². The van der Waals surface area contributed by atoms with Crippen molar-refractivity contribution in [1.82, 2.24) is 0 Å². The summed E-state index contributed by atoms with van der Waals surface area (Å²) in [5, 5.41) is 0. The minimum atomic E-state index is 0.910. The van der Waals surface area contributed by atoms with E-state index in [1.165, 1.54) is 55.2 Å². The van der Waals surface area contributed by atoms with Crippen molar-refractivity contribution in [3.63, 3.8) is 0 Å². The van der Waals surface area contributed by atoms with E-state index >= 15 is 0 Å². The molecule has 0 aliphatic heterocycles. The Balaban J connectivity index is 1.85. The first-order valence-electron chi connectivity index (χ1n) is 11.9. The number of hydrogen-bond acceptors (Lipinski definition) is 0. The Morgan fingerprint density at radius 1 is 0.548 bits per heavy atom. The summed E-state index contributed by atoms with van der Waals surface area (Å²) in [6.07, 6.45) is 12.8. The lowest BCUT2D eigenvalue weighted by atomic mass is 10.1. The quantitative estimate of drug-likeness (QED) is 0.196. The molecule has 0 radical (unpaired) electrons. The van der Waals surface area contributed by atoms with Gasteiger partial charge in [-0.3, -0.25) is 4.48 Å². The maximum absolute atomic E-state index is 2.49. The molecule has 0 aliphatic rings. The fourth-order valence-corrected chi connectivity index (χ4v) is 4.33. The molecule has 0 saturated carbocycles. The molecule has 0 aromatic heterocycles. The topological polar surface area (TPSA) is 0 Å². The predicted molar refractivity (Wildman–Crippen MR) is 133 cm³/mol. The van der Waals surface area contributed by atoms with Crippen LogP contribution in [-0.2, 0) is 19.6 Å². The Morgan fingerprint density at radius 2 is 0.968 bits per heavy atom. The second-order valence-corrected chi connectivity index (χ2v) is 8.74. The summed E-state index contributed by atoms with van der Waals surface area (Å²) in [5.41, 5.74) is 4.17. The Morgan fingerprint density at radius 3 is 1.39 bits per heavy atom. The smallest absolute Gasteiger partial charge is 0.109 e. The summed E-state index contributed by atoms with van der Waals surface area (Å²) in [4.78, 5) is 0. The molecule has 0 spiro atoms. The molecule has 1 nitrogen and oxygen atoms in total. The monoisotopic (exact) mass is 412 g/mol. The molecular weight excluding hydrogens is 374 g/mol. The normalized spacial score (nSPS) is 11.8. The van der Waals surface area contributed by atoms with Crippen LogP contribution >= 0.6 is 0 Å². The van der Waals surface area contributed by atoms with Gasteiger partial charge in [-0.2, -0.15) is 0 Å². The van der Waals surface area contributed by atoms with Gasteiger partial charge < -0.3 is 0 Å². The number of benzene rings is 3. The van der Waals surface area contributed by atoms with Crippen molar-refractivity contribution in [2.24, 2.45) is 0 Å². The van der Waals surface area contributed by atoms with Crippen LogP contribution in [0.15, 0.2) is 103 Å². The third-order valence-electron chi connectivity index (χ3n) is 5.92. The molecule has 3 rings (SSSR count). The zero-order chi connectivity index (χ0) is 21.6. The van der Waals surface area contributed by atoms with Crippen molar-refractivity contribution in [3.8, 4) is 0 Å². The summed E-state index contributed by atoms with van der Waals surface area (Å²) in [5.74, 6) is 0. The molecule has 162 valence electrons. The molecular formula is C30H38N+. The molecule has 0 heterocycles. The van der Waals surface area contributed by atoms with E-state index < -0.39 is 0 Å². The van der Waals surface area contributed by atoms with Crippen LogP contribution in [0.1, 0.15) is 62.1 Å². The van der Waals surface area contributed by atoms with E-state index in [1.54, 1.807) is 0 Å². The molecule has 0 aliphatic carbocycles. The van der Waals surface area contributed by atoms with E-state index in [-0.39, 0.29) is 0 Å². The average Bonchev–Trinajstić information content (AvgIpc) is 2.80. The van der Waals surface area contributed by atoms with Crippen LogP contribution < -0.4 is 0 Å². The van der Waals surface area contributed by atoms with Gasteiger partial charge in [-0.1, -0.05) is 124 Å². The highest BCUT2D eigenvalue weighted by atomic mass is 15.3. The fraction of sp³-hybridized carbons (Fsp3) is 0.333. The predicted octanol–water partition coefficient (Wildman–Crippen LogP) is 8.28. The van der Waals surface area contributed by atoms with Crippen LogP contribution in [-0.4, -0.2) is 4.48 Å². The van der Waals surface area contributed by atoms with Crippen molar-refractivity contribution in [2.45, 2.75) is 65.1 Å². The van der Waals surface area contributed by atoms with Gasteiger partial charge in [0.15, 0.2) is 0 Å². The van der Waals surface area contributed by atoms with E-state index in [2.05, 4.69) is 110 Å².